The molecule has 0 bridgehead atoms. The van der Waals surface area contributed by atoms with Crippen LogP contribution in [0.2, 0.25) is 0 Å². The lowest BCUT2D eigenvalue weighted by Crippen LogP contribution is -2.37. The second kappa shape index (κ2) is 3.27. The average Bonchev–Trinajstić information content (AvgIpc) is 2.29. The second-order valence-corrected chi connectivity index (χ2v) is 4.31. The minimum absolute atomic E-state index is 0.0756. The molecule has 0 saturated heterocycles. The predicted octanol–water partition coefficient (Wildman–Crippen LogP) is 2.30. The summed E-state index contributed by atoms with van der Waals surface area (Å²) in [5, 5.41) is 0. The van der Waals surface area contributed by atoms with E-state index >= 15 is 0 Å². The van der Waals surface area contributed by atoms with Crippen molar-refractivity contribution in [2.24, 2.45) is 0 Å². The number of benzene rings is 1. The van der Waals surface area contributed by atoms with Crippen LogP contribution >= 0.6 is 0 Å². The van der Waals surface area contributed by atoms with Crippen molar-refractivity contribution < 1.29 is 13.6 Å². The van der Waals surface area contributed by atoms with Crippen molar-refractivity contribution in [3.05, 3.63) is 28.8 Å². The number of rotatable bonds is 0. The third-order valence-electron chi connectivity index (χ3n) is 3.37. The Labute approximate surface area is 91.9 Å². The maximum absolute atomic E-state index is 13.6. The first-order valence-corrected chi connectivity index (χ1v) is 5.47. The predicted molar refractivity (Wildman–Crippen MR) is 55.8 cm³/mol. The molecule has 3 rings (SSSR count). The number of ketones is 1. The minimum atomic E-state index is -0.897. The van der Waals surface area contributed by atoms with Crippen LogP contribution in [0, 0.1) is 11.6 Å². The van der Waals surface area contributed by atoms with Crippen LogP contribution in [-0.4, -0.2) is 18.9 Å². The molecule has 16 heavy (non-hydrogen) atoms. The molecule has 1 aromatic carbocycles. The fourth-order valence-corrected chi connectivity index (χ4v) is 2.62. The van der Waals surface area contributed by atoms with Gasteiger partial charge in [0.1, 0.15) is 0 Å². The van der Waals surface area contributed by atoms with Crippen LogP contribution in [0.3, 0.4) is 0 Å². The molecule has 0 amide bonds. The molecule has 0 spiro atoms. The monoisotopic (exact) mass is 223 g/mol. The lowest BCUT2D eigenvalue weighted by atomic mass is 9.91. The Kier molecular flexibility index (Phi) is 1.99. The Balaban J connectivity index is 2.31. The van der Waals surface area contributed by atoms with Crippen LogP contribution in [0.15, 0.2) is 6.07 Å². The Hall–Kier alpha value is -1.45. The van der Waals surface area contributed by atoms with Crippen molar-refractivity contribution in [3.63, 3.8) is 0 Å². The van der Waals surface area contributed by atoms with Gasteiger partial charge in [-0.1, -0.05) is 0 Å². The highest BCUT2D eigenvalue weighted by atomic mass is 19.2. The summed E-state index contributed by atoms with van der Waals surface area (Å²) in [6.07, 6.45) is 1.74. The lowest BCUT2D eigenvalue weighted by molar-refractivity contribution is 0.0978. The molecule has 0 saturated carbocycles. The Bertz CT molecular complexity index is 484. The van der Waals surface area contributed by atoms with E-state index in [1.54, 1.807) is 0 Å². The molecule has 2 heterocycles. The first kappa shape index (κ1) is 9.75. The first-order valence-electron chi connectivity index (χ1n) is 5.47. The lowest BCUT2D eigenvalue weighted by Gasteiger charge is -2.36. The largest absolute Gasteiger partial charge is 0.370 e. The van der Waals surface area contributed by atoms with Crippen LogP contribution in [-0.2, 0) is 6.42 Å². The van der Waals surface area contributed by atoms with Gasteiger partial charge >= 0.3 is 0 Å². The Morgan fingerprint density at radius 3 is 2.81 bits per heavy atom. The smallest absolute Gasteiger partial charge is 0.166 e. The molecule has 2 aliphatic rings. The van der Waals surface area contributed by atoms with E-state index < -0.39 is 11.6 Å². The van der Waals surface area contributed by atoms with Crippen LogP contribution in [0.5, 0.6) is 0 Å². The van der Waals surface area contributed by atoms with Crippen molar-refractivity contribution >= 4 is 11.5 Å². The summed E-state index contributed by atoms with van der Waals surface area (Å²) in [6, 6.07) is 1.05. The standard InChI is InChI=1S/C12H11F2NO/c13-9-6-8-10(16)3-5-15-4-1-2-7(11(9)14)12(8)15/h6H,1-5H2. The van der Waals surface area contributed by atoms with Crippen molar-refractivity contribution in [2.75, 3.05) is 18.0 Å². The summed E-state index contributed by atoms with van der Waals surface area (Å²) in [6.45, 7) is 1.46. The number of hydrogen-bond donors (Lipinski definition) is 0. The van der Waals surface area contributed by atoms with Gasteiger partial charge in [0.15, 0.2) is 17.4 Å². The zero-order valence-electron chi connectivity index (χ0n) is 8.72. The molecule has 0 radical (unpaired) electrons. The molecule has 84 valence electrons. The third-order valence-corrected chi connectivity index (χ3v) is 3.37. The van der Waals surface area contributed by atoms with Gasteiger partial charge in [0.25, 0.3) is 0 Å². The summed E-state index contributed by atoms with van der Waals surface area (Å²) >= 11 is 0. The summed E-state index contributed by atoms with van der Waals surface area (Å²) in [4.78, 5) is 13.7. The van der Waals surface area contributed by atoms with E-state index in [0.717, 1.165) is 19.0 Å². The van der Waals surface area contributed by atoms with E-state index in [-0.39, 0.29) is 5.78 Å². The van der Waals surface area contributed by atoms with E-state index in [4.69, 9.17) is 0 Å². The molecule has 0 aliphatic carbocycles. The summed E-state index contributed by atoms with van der Waals surface area (Å²) < 4.78 is 26.9. The zero-order chi connectivity index (χ0) is 11.3. The highest BCUT2D eigenvalue weighted by Gasteiger charge is 2.31. The highest BCUT2D eigenvalue weighted by molar-refractivity contribution is 6.04. The number of nitrogens with zero attached hydrogens (tertiary/aromatic N) is 1. The Morgan fingerprint density at radius 2 is 2.00 bits per heavy atom. The third kappa shape index (κ3) is 1.19. The molecule has 0 unspecified atom stereocenters. The van der Waals surface area contributed by atoms with E-state index in [0.29, 0.717) is 36.2 Å². The van der Waals surface area contributed by atoms with Gasteiger partial charge in [-0.25, -0.2) is 8.78 Å². The minimum Gasteiger partial charge on any atom is -0.370 e. The van der Waals surface area contributed by atoms with E-state index in [2.05, 4.69) is 0 Å². The van der Waals surface area contributed by atoms with Gasteiger partial charge in [-0.15, -0.1) is 0 Å². The maximum atomic E-state index is 13.6. The zero-order valence-corrected chi connectivity index (χ0v) is 8.72. The fraction of sp³-hybridized carbons (Fsp3) is 0.417. The van der Waals surface area contributed by atoms with Crippen LogP contribution in [0.4, 0.5) is 14.5 Å². The second-order valence-electron chi connectivity index (χ2n) is 4.31. The summed E-state index contributed by atoms with van der Waals surface area (Å²) in [7, 11) is 0. The molecule has 2 nitrogen and oxygen atoms in total. The molecule has 0 atom stereocenters. The molecule has 0 fully saturated rings. The fourth-order valence-electron chi connectivity index (χ4n) is 2.62. The van der Waals surface area contributed by atoms with E-state index in [1.165, 1.54) is 0 Å². The van der Waals surface area contributed by atoms with Gasteiger partial charge in [0, 0.05) is 30.6 Å². The first-order chi connectivity index (χ1) is 7.68. The van der Waals surface area contributed by atoms with Gasteiger partial charge in [-0.05, 0) is 18.9 Å². The maximum Gasteiger partial charge on any atom is 0.166 e. The van der Waals surface area contributed by atoms with Crippen LogP contribution in [0.1, 0.15) is 28.8 Å². The highest BCUT2D eigenvalue weighted by Crippen LogP contribution is 2.37. The number of anilines is 1. The average molecular weight is 223 g/mol. The van der Waals surface area contributed by atoms with Crippen molar-refractivity contribution in [2.45, 2.75) is 19.3 Å². The normalized spacial score (nSPS) is 18.6. The van der Waals surface area contributed by atoms with Crippen molar-refractivity contribution in [1.29, 1.82) is 0 Å². The topological polar surface area (TPSA) is 20.3 Å². The van der Waals surface area contributed by atoms with Gasteiger partial charge in [0.2, 0.25) is 0 Å². The molecular weight excluding hydrogens is 212 g/mol. The SMILES string of the molecule is O=C1CCN2CCCc3c(F)c(F)cc1c32. The van der Waals surface area contributed by atoms with E-state index in [9.17, 15) is 13.6 Å². The van der Waals surface area contributed by atoms with Gasteiger partial charge in [0.05, 0.1) is 5.69 Å². The van der Waals surface area contributed by atoms with Gasteiger partial charge < -0.3 is 4.90 Å². The quantitative estimate of drug-likeness (QED) is 0.672. The van der Waals surface area contributed by atoms with Gasteiger partial charge in [-0.2, -0.15) is 0 Å². The molecule has 0 aromatic heterocycles. The number of carbonyl (C=O) groups excluding carboxylic acids is 1. The summed E-state index contributed by atoms with van der Waals surface area (Å²) in [5.74, 6) is -1.75. The van der Waals surface area contributed by atoms with Crippen molar-refractivity contribution in [1.82, 2.24) is 0 Å². The van der Waals surface area contributed by atoms with Crippen molar-refractivity contribution in [3.8, 4) is 0 Å². The molecular formula is C12H11F2NO. The summed E-state index contributed by atoms with van der Waals surface area (Å²) in [5.41, 5.74) is 1.38. The van der Waals surface area contributed by atoms with Crippen LogP contribution in [0.25, 0.3) is 0 Å². The number of hydrogen-bond acceptors (Lipinski definition) is 2. The molecule has 2 aliphatic heterocycles. The molecule has 0 N–H and O–H groups in total. The van der Waals surface area contributed by atoms with Crippen LogP contribution < -0.4 is 4.90 Å². The van der Waals surface area contributed by atoms with E-state index in [1.807, 2.05) is 4.90 Å². The molecule has 4 heteroatoms. The molecule has 1 aromatic rings. The number of halogens is 2. The number of Topliss-reactive ketones (excluding diaryl/α,β-unsaturated/α-hetero) is 1. The van der Waals surface area contributed by atoms with Gasteiger partial charge in [-0.3, -0.25) is 4.79 Å². The Morgan fingerprint density at radius 1 is 1.19 bits per heavy atom. The number of carbonyl (C=O) groups is 1.